The maximum Gasteiger partial charge on any atom is 0.234 e. The second-order valence-corrected chi connectivity index (χ2v) is 5.28. The Morgan fingerprint density at radius 1 is 1.38 bits per heavy atom. The van der Waals surface area contributed by atoms with Gasteiger partial charge >= 0.3 is 0 Å². The third-order valence-corrected chi connectivity index (χ3v) is 3.20. The summed E-state index contributed by atoms with van der Waals surface area (Å²) >= 11 is 4.86. The molecule has 0 aromatic carbocycles. The van der Waals surface area contributed by atoms with Crippen molar-refractivity contribution in [2.24, 2.45) is 5.73 Å². The fourth-order valence-corrected chi connectivity index (χ4v) is 1.86. The molecule has 0 heterocycles. The average molecular weight is 241 g/mol. The lowest BCUT2D eigenvalue weighted by atomic mass is 10.3. The predicted octanol–water partition coefficient (Wildman–Crippen LogP) is 0.406. The Morgan fingerprint density at radius 2 is 2.06 bits per heavy atom. The number of hydrogen-bond donors (Lipinski definition) is 2. The average Bonchev–Trinajstić information content (AvgIpc) is 3.02. The molecule has 3 N–H and O–H groups in total. The monoisotopic (exact) mass is 241 g/mol. The van der Waals surface area contributed by atoms with Crippen LogP contribution in [-0.2, 0) is 4.79 Å². The first-order valence-corrected chi connectivity index (χ1v) is 6.37. The van der Waals surface area contributed by atoms with Gasteiger partial charge in [0.2, 0.25) is 5.91 Å². The van der Waals surface area contributed by atoms with E-state index in [1.807, 2.05) is 0 Å². The van der Waals surface area contributed by atoms with Crippen molar-refractivity contribution >= 4 is 23.1 Å². The van der Waals surface area contributed by atoms with Gasteiger partial charge in [-0.1, -0.05) is 12.2 Å². The minimum Gasteiger partial charge on any atom is -0.393 e. The van der Waals surface area contributed by atoms with E-state index >= 15 is 0 Å². The van der Waals surface area contributed by atoms with Crippen molar-refractivity contribution in [3.8, 4) is 0 Å². The van der Waals surface area contributed by atoms with Crippen LogP contribution in [-0.4, -0.2) is 41.0 Å². The van der Waals surface area contributed by atoms with Crippen LogP contribution >= 0.6 is 12.2 Å². The van der Waals surface area contributed by atoms with E-state index in [0.717, 1.165) is 19.4 Å². The molecule has 2 saturated carbocycles. The van der Waals surface area contributed by atoms with E-state index in [1.165, 1.54) is 12.8 Å². The Bertz CT molecular complexity index is 287. The summed E-state index contributed by atoms with van der Waals surface area (Å²) in [5.74, 6) is 0.150. The van der Waals surface area contributed by atoms with Crippen molar-refractivity contribution in [2.75, 3.05) is 13.1 Å². The van der Waals surface area contributed by atoms with Crippen molar-refractivity contribution in [3.63, 3.8) is 0 Å². The summed E-state index contributed by atoms with van der Waals surface area (Å²) in [5, 5.41) is 3.01. The lowest BCUT2D eigenvalue weighted by Crippen LogP contribution is -2.40. The van der Waals surface area contributed by atoms with Crippen molar-refractivity contribution < 1.29 is 4.79 Å². The number of nitrogens with one attached hydrogen (secondary N) is 1. The third-order valence-electron chi connectivity index (χ3n) is 3.00. The van der Waals surface area contributed by atoms with E-state index in [-0.39, 0.29) is 5.91 Å². The number of rotatable bonds is 7. The number of nitrogens with zero attached hydrogens (tertiary/aromatic N) is 1. The normalized spacial score (nSPS) is 19.8. The van der Waals surface area contributed by atoms with Crippen molar-refractivity contribution in [3.05, 3.63) is 0 Å². The minimum absolute atomic E-state index is 0.150. The predicted molar refractivity (Wildman–Crippen MR) is 67.2 cm³/mol. The third kappa shape index (κ3) is 4.06. The number of carbonyl (C=O) groups excluding carboxylic acids is 1. The molecule has 0 radical (unpaired) electrons. The van der Waals surface area contributed by atoms with Crippen LogP contribution in [0, 0.1) is 0 Å². The van der Waals surface area contributed by atoms with Gasteiger partial charge in [0.15, 0.2) is 0 Å². The van der Waals surface area contributed by atoms with Crippen molar-refractivity contribution in [2.45, 2.75) is 44.2 Å². The van der Waals surface area contributed by atoms with Crippen molar-refractivity contribution in [1.29, 1.82) is 0 Å². The smallest absolute Gasteiger partial charge is 0.234 e. The summed E-state index contributed by atoms with van der Waals surface area (Å²) < 4.78 is 0. The molecule has 0 aromatic rings. The first kappa shape index (κ1) is 11.8. The number of hydrogen-bond acceptors (Lipinski definition) is 3. The molecule has 0 spiro atoms. The van der Waals surface area contributed by atoms with Crippen LogP contribution in [0.5, 0.6) is 0 Å². The fraction of sp³-hybridized carbons (Fsp3) is 0.818. The Hall–Kier alpha value is -0.680. The molecular weight excluding hydrogens is 222 g/mol. The summed E-state index contributed by atoms with van der Waals surface area (Å²) in [6, 6.07) is 1.03. The summed E-state index contributed by atoms with van der Waals surface area (Å²) in [7, 11) is 0. The zero-order valence-corrected chi connectivity index (χ0v) is 10.3. The van der Waals surface area contributed by atoms with E-state index < -0.39 is 0 Å². The maximum atomic E-state index is 11.7. The van der Waals surface area contributed by atoms with Crippen LogP contribution in [0.25, 0.3) is 0 Å². The Morgan fingerprint density at radius 3 is 2.56 bits per heavy atom. The lowest BCUT2D eigenvalue weighted by Gasteiger charge is -2.20. The van der Waals surface area contributed by atoms with E-state index in [1.54, 1.807) is 0 Å². The summed E-state index contributed by atoms with van der Waals surface area (Å²) in [6.45, 7) is 1.32. The molecule has 2 aliphatic carbocycles. The van der Waals surface area contributed by atoms with Gasteiger partial charge in [0, 0.05) is 25.0 Å². The maximum absolute atomic E-state index is 11.7. The van der Waals surface area contributed by atoms with Gasteiger partial charge in [-0.25, -0.2) is 0 Å². The molecule has 90 valence electrons. The summed E-state index contributed by atoms with van der Waals surface area (Å²) in [4.78, 5) is 14.4. The van der Waals surface area contributed by atoms with Crippen LogP contribution in [0.4, 0.5) is 0 Å². The van der Waals surface area contributed by atoms with Gasteiger partial charge in [-0.05, 0) is 25.7 Å². The Balaban J connectivity index is 1.72. The van der Waals surface area contributed by atoms with Crippen LogP contribution in [0.2, 0.25) is 0 Å². The molecule has 0 aliphatic heterocycles. The minimum atomic E-state index is 0.150. The van der Waals surface area contributed by atoms with E-state index in [2.05, 4.69) is 10.2 Å². The molecule has 0 saturated heterocycles. The number of nitrogens with two attached hydrogens (primary N) is 1. The molecule has 0 aromatic heterocycles. The molecule has 16 heavy (non-hydrogen) atoms. The molecule has 5 heteroatoms. The van der Waals surface area contributed by atoms with Crippen LogP contribution in [0.3, 0.4) is 0 Å². The quantitative estimate of drug-likeness (QED) is 0.634. The molecule has 4 nitrogen and oxygen atoms in total. The second kappa shape index (κ2) is 5.10. The van der Waals surface area contributed by atoms with E-state index in [4.69, 9.17) is 18.0 Å². The first-order valence-electron chi connectivity index (χ1n) is 5.97. The number of thiocarbonyl (C=S) groups is 1. The van der Waals surface area contributed by atoms with Crippen LogP contribution < -0.4 is 11.1 Å². The highest BCUT2D eigenvalue weighted by molar-refractivity contribution is 7.80. The Labute approximate surface area is 102 Å². The largest absolute Gasteiger partial charge is 0.393 e. The summed E-state index contributed by atoms with van der Waals surface area (Å²) in [6.07, 6.45) is 5.40. The molecule has 2 rings (SSSR count). The van der Waals surface area contributed by atoms with E-state index in [9.17, 15) is 4.79 Å². The molecule has 0 atom stereocenters. The topological polar surface area (TPSA) is 58.4 Å². The number of carbonyl (C=O) groups is 1. The van der Waals surface area contributed by atoms with Gasteiger partial charge in [0.25, 0.3) is 0 Å². The summed E-state index contributed by atoms with van der Waals surface area (Å²) in [5.41, 5.74) is 5.49. The van der Waals surface area contributed by atoms with E-state index in [0.29, 0.717) is 30.0 Å². The van der Waals surface area contributed by atoms with Crippen LogP contribution in [0.1, 0.15) is 32.1 Å². The highest BCUT2D eigenvalue weighted by atomic mass is 32.1. The standard InChI is InChI=1S/C11H19N3OS/c12-10(16)5-6-14(9-3-4-9)7-11(15)13-8-1-2-8/h8-9H,1-7H2,(H2,12,16)(H,13,15). The van der Waals surface area contributed by atoms with Gasteiger partial charge in [-0.2, -0.15) is 0 Å². The zero-order chi connectivity index (χ0) is 11.5. The molecule has 0 bridgehead atoms. The Kier molecular flexibility index (Phi) is 3.76. The molecular formula is C11H19N3OS. The highest BCUT2D eigenvalue weighted by Gasteiger charge is 2.31. The fourth-order valence-electron chi connectivity index (χ4n) is 1.77. The molecule has 2 aliphatic rings. The van der Waals surface area contributed by atoms with Gasteiger partial charge in [-0.15, -0.1) is 0 Å². The first-order chi connectivity index (χ1) is 7.65. The van der Waals surface area contributed by atoms with Gasteiger partial charge < -0.3 is 11.1 Å². The SMILES string of the molecule is NC(=S)CCN(CC(=O)NC1CC1)C1CC1. The zero-order valence-electron chi connectivity index (χ0n) is 9.45. The van der Waals surface area contributed by atoms with Gasteiger partial charge in [0.05, 0.1) is 11.5 Å². The molecule has 0 unspecified atom stereocenters. The van der Waals surface area contributed by atoms with Crippen LogP contribution in [0.15, 0.2) is 0 Å². The second-order valence-electron chi connectivity index (χ2n) is 4.76. The van der Waals surface area contributed by atoms with Crippen molar-refractivity contribution in [1.82, 2.24) is 10.2 Å². The lowest BCUT2D eigenvalue weighted by molar-refractivity contribution is -0.122. The van der Waals surface area contributed by atoms with Gasteiger partial charge in [-0.3, -0.25) is 9.69 Å². The number of amides is 1. The molecule has 1 amide bonds. The molecule has 2 fully saturated rings. The highest BCUT2D eigenvalue weighted by Crippen LogP contribution is 2.26. The van der Waals surface area contributed by atoms with Gasteiger partial charge in [0.1, 0.15) is 0 Å².